The van der Waals surface area contributed by atoms with Crippen molar-refractivity contribution in [3.63, 3.8) is 0 Å². The van der Waals surface area contributed by atoms with E-state index in [0.29, 0.717) is 25.3 Å². The number of methoxy groups -OCH3 is 1. The van der Waals surface area contributed by atoms with Crippen LogP contribution in [0.5, 0.6) is 0 Å². The number of carbonyl (C=O) groups is 1. The van der Waals surface area contributed by atoms with Gasteiger partial charge in [-0.25, -0.2) is 18.7 Å². The summed E-state index contributed by atoms with van der Waals surface area (Å²) in [4.78, 5) is 20.1. The van der Waals surface area contributed by atoms with Crippen LogP contribution >= 0.6 is 0 Å². The number of nitrogens with one attached hydrogen (secondary N) is 2. The molecule has 2 N–H and O–H groups in total. The number of para-hydroxylation sites is 1. The lowest BCUT2D eigenvalue weighted by atomic mass is 10.3. The van der Waals surface area contributed by atoms with Crippen molar-refractivity contribution in [2.45, 2.75) is 13.3 Å². The Hall–Kier alpha value is -2.61. The number of benzene rings is 1. The molecule has 0 radical (unpaired) electrons. The minimum atomic E-state index is -0.773. The third-order valence-electron chi connectivity index (χ3n) is 3.10. The monoisotopic (exact) mass is 336 g/mol. The second-order valence-electron chi connectivity index (χ2n) is 5.04. The van der Waals surface area contributed by atoms with E-state index in [9.17, 15) is 13.6 Å². The fourth-order valence-electron chi connectivity index (χ4n) is 1.98. The number of halogens is 2. The van der Waals surface area contributed by atoms with Gasteiger partial charge in [0.25, 0.3) is 5.91 Å². The third-order valence-corrected chi connectivity index (χ3v) is 3.10. The first-order valence-electron chi connectivity index (χ1n) is 7.35. The number of ether oxygens (including phenoxy) is 1. The van der Waals surface area contributed by atoms with Gasteiger partial charge in [0, 0.05) is 26.0 Å². The molecule has 24 heavy (non-hydrogen) atoms. The lowest BCUT2D eigenvalue weighted by molar-refractivity contribution is 0.0943. The lowest BCUT2D eigenvalue weighted by Gasteiger charge is -2.10. The Labute approximate surface area is 138 Å². The highest BCUT2D eigenvalue weighted by Gasteiger charge is 2.13. The molecule has 128 valence electrons. The summed E-state index contributed by atoms with van der Waals surface area (Å²) >= 11 is 0. The molecule has 0 spiro atoms. The van der Waals surface area contributed by atoms with Gasteiger partial charge in [-0.05, 0) is 31.5 Å². The summed E-state index contributed by atoms with van der Waals surface area (Å²) in [5.74, 6) is -1.99. The van der Waals surface area contributed by atoms with Crippen molar-refractivity contribution in [2.24, 2.45) is 0 Å². The van der Waals surface area contributed by atoms with Gasteiger partial charge in [0.1, 0.15) is 23.0 Å². The Balaban J connectivity index is 2.15. The van der Waals surface area contributed by atoms with Crippen molar-refractivity contribution in [1.29, 1.82) is 0 Å². The second-order valence-corrected chi connectivity index (χ2v) is 5.04. The van der Waals surface area contributed by atoms with Crippen LogP contribution in [0.4, 0.5) is 20.4 Å². The summed E-state index contributed by atoms with van der Waals surface area (Å²) in [7, 11) is 1.58. The maximum atomic E-state index is 13.7. The molecule has 0 bridgehead atoms. The Morgan fingerprint density at radius 1 is 1.25 bits per heavy atom. The molecule has 0 saturated heterocycles. The SMILES string of the molecule is COCCCNC(=O)c1cc(C)nc(Nc2c(F)cccc2F)n1. The molecule has 6 nitrogen and oxygen atoms in total. The zero-order valence-corrected chi connectivity index (χ0v) is 13.4. The first-order chi connectivity index (χ1) is 11.5. The van der Waals surface area contributed by atoms with Crippen LogP contribution in [0, 0.1) is 18.6 Å². The van der Waals surface area contributed by atoms with Crippen LogP contribution < -0.4 is 10.6 Å². The Morgan fingerprint density at radius 3 is 2.62 bits per heavy atom. The molecule has 0 fully saturated rings. The molecule has 1 aromatic heterocycles. The minimum absolute atomic E-state index is 0.0546. The topological polar surface area (TPSA) is 76.1 Å². The van der Waals surface area contributed by atoms with Gasteiger partial charge in [-0.2, -0.15) is 0 Å². The van der Waals surface area contributed by atoms with Crippen molar-refractivity contribution in [2.75, 3.05) is 25.6 Å². The number of rotatable bonds is 7. The Morgan fingerprint density at radius 2 is 1.96 bits per heavy atom. The zero-order chi connectivity index (χ0) is 17.5. The molecule has 0 unspecified atom stereocenters. The van der Waals surface area contributed by atoms with Gasteiger partial charge in [0.15, 0.2) is 0 Å². The fourth-order valence-corrected chi connectivity index (χ4v) is 1.98. The van der Waals surface area contributed by atoms with E-state index in [0.717, 1.165) is 12.1 Å². The van der Waals surface area contributed by atoms with Crippen LogP contribution in [0.15, 0.2) is 24.3 Å². The molecule has 1 aromatic carbocycles. The largest absolute Gasteiger partial charge is 0.385 e. The van der Waals surface area contributed by atoms with Gasteiger partial charge in [-0.3, -0.25) is 4.79 Å². The zero-order valence-electron chi connectivity index (χ0n) is 13.4. The molecule has 0 saturated carbocycles. The van der Waals surface area contributed by atoms with Gasteiger partial charge in [0.05, 0.1) is 0 Å². The van der Waals surface area contributed by atoms with E-state index in [2.05, 4.69) is 20.6 Å². The summed E-state index contributed by atoms with van der Waals surface area (Å²) in [6, 6.07) is 4.98. The molecule has 2 rings (SSSR count). The normalized spacial score (nSPS) is 10.5. The predicted octanol–water partition coefficient (Wildman–Crippen LogP) is 2.57. The summed E-state index contributed by atoms with van der Waals surface area (Å²) in [6.45, 7) is 2.62. The fraction of sp³-hybridized carbons (Fsp3) is 0.312. The predicted molar refractivity (Wildman–Crippen MR) is 85.2 cm³/mol. The van der Waals surface area contributed by atoms with Crippen molar-refractivity contribution in [3.05, 3.63) is 47.3 Å². The molecular weight excluding hydrogens is 318 g/mol. The number of hydrogen-bond donors (Lipinski definition) is 2. The van der Waals surface area contributed by atoms with Crippen molar-refractivity contribution in [1.82, 2.24) is 15.3 Å². The lowest BCUT2D eigenvalue weighted by Crippen LogP contribution is -2.26. The van der Waals surface area contributed by atoms with Crippen LogP contribution in [0.1, 0.15) is 22.6 Å². The second kappa shape index (κ2) is 8.30. The molecule has 1 heterocycles. The summed E-state index contributed by atoms with van der Waals surface area (Å²) < 4.78 is 32.3. The van der Waals surface area contributed by atoms with Gasteiger partial charge in [-0.15, -0.1) is 0 Å². The summed E-state index contributed by atoms with van der Waals surface area (Å²) in [5.41, 5.74) is 0.236. The number of nitrogens with zero attached hydrogens (tertiary/aromatic N) is 2. The van der Waals surface area contributed by atoms with Gasteiger partial charge >= 0.3 is 0 Å². The summed E-state index contributed by atoms with van der Waals surface area (Å²) in [6.07, 6.45) is 0.665. The molecular formula is C16H18F2N4O2. The van der Waals surface area contributed by atoms with Gasteiger partial charge in [-0.1, -0.05) is 6.07 Å². The maximum absolute atomic E-state index is 13.7. The molecule has 8 heteroatoms. The van der Waals surface area contributed by atoms with E-state index < -0.39 is 17.5 Å². The van der Waals surface area contributed by atoms with E-state index in [1.54, 1.807) is 14.0 Å². The average Bonchev–Trinajstić information content (AvgIpc) is 2.54. The highest BCUT2D eigenvalue weighted by atomic mass is 19.1. The molecule has 0 atom stereocenters. The number of amides is 1. The Bertz CT molecular complexity index is 705. The first kappa shape index (κ1) is 17.7. The average molecular weight is 336 g/mol. The Kier molecular flexibility index (Phi) is 6.14. The minimum Gasteiger partial charge on any atom is -0.385 e. The molecule has 0 aliphatic carbocycles. The van der Waals surface area contributed by atoms with Crippen LogP contribution in [0.3, 0.4) is 0 Å². The highest BCUT2D eigenvalue weighted by molar-refractivity contribution is 5.92. The highest BCUT2D eigenvalue weighted by Crippen LogP contribution is 2.21. The van der Waals surface area contributed by atoms with E-state index >= 15 is 0 Å². The molecule has 0 aliphatic rings. The number of anilines is 2. The van der Waals surface area contributed by atoms with Crippen LogP contribution in [0.25, 0.3) is 0 Å². The standard InChI is InChI=1S/C16H18F2N4O2/c1-10-9-13(15(23)19-7-4-8-24-2)21-16(20-10)22-14-11(17)5-3-6-12(14)18/h3,5-6,9H,4,7-8H2,1-2H3,(H,19,23)(H,20,21,22). The van der Waals surface area contributed by atoms with E-state index in [1.807, 2.05) is 0 Å². The van der Waals surface area contributed by atoms with Gasteiger partial charge in [0.2, 0.25) is 5.95 Å². The van der Waals surface area contributed by atoms with E-state index in [1.165, 1.54) is 12.1 Å². The summed E-state index contributed by atoms with van der Waals surface area (Å²) in [5, 5.41) is 5.17. The van der Waals surface area contributed by atoms with Crippen LogP contribution in [-0.4, -0.2) is 36.1 Å². The van der Waals surface area contributed by atoms with Gasteiger partial charge < -0.3 is 15.4 Å². The van der Waals surface area contributed by atoms with Crippen molar-refractivity contribution < 1.29 is 18.3 Å². The first-order valence-corrected chi connectivity index (χ1v) is 7.35. The van der Waals surface area contributed by atoms with E-state index in [4.69, 9.17) is 4.74 Å². The van der Waals surface area contributed by atoms with Crippen molar-refractivity contribution >= 4 is 17.5 Å². The smallest absolute Gasteiger partial charge is 0.270 e. The number of carbonyl (C=O) groups excluding carboxylic acids is 1. The van der Waals surface area contributed by atoms with Crippen LogP contribution in [-0.2, 0) is 4.74 Å². The number of aromatic nitrogens is 2. The maximum Gasteiger partial charge on any atom is 0.270 e. The van der Waals surface area contributed by atoms with Crippen LogP contribution in [0.2, 0.25) is 0 Å². The molecule has 0 aliphatic heterocycles. The quantitative estimate of drug-likeness (QED) is 0.760. The molecule has 2 aromatic rings. The van der Waals surface area contributed by atoms with Crippen molar-refractivity contribution in [3.8, 4) is 0 Å². The number of hydrogen-bond acceptors (Lipinski definition) is 5. The third kappa shape index (κ3) is 4.69. The van der Waals surface area contributed by atoms with E-state index in [-0.39, 0.29) is 17.3 Å². The number of aryl methyl sites for hydroxylation is 1. The molecule has 1 amide bonds.